The molecule has 1 amide bonds. The highest BCUT2D eigenvalue weighted by Crippen LogP contribution is 2.20. The average Bonchev–Trinajstić information content (AvgIpc) is 2.20. The van der Waals surface area contributed by atoms with Gasteiger partial charge in [-0.15, -0.1) is 0 Å². The molecule has 6 nitrogen and oxygen atoms in total. The van der Waals surface area contributed by atoms with E-state index in [0.717, 1.165) is 6.26 Å². The lowest BCUT2D eigenvalue weighted by Gasteiger charge is -2.28. The quantitative estimate of drug-likeness (QED) is 0.761. The summed E-state index contributed by atoms with van der Waals surface area (Å²) >= 11 is 0. The van der Waals surface area contributed by atoms with Crippen molar-refractivity contribution in [1.82, 2.24) is 5.32 Å². The maximum absolute atomic E-state index is 11.5. The number of ether oxygens (including phenoxy) is 1. The van der Waals surface area contributed by atoms with E-state index in [0.29, 0.717) is 0 Å². The number of hydrogen-bond donors (Lipinski definition) is 2. The van der Waals surface area contributed by atoms with Gasteiger partial charge < -0.3 is 15.2 Å². The third-order valence-electron chi connectivity index (χ3n) is 2.52. The fourth-order valence-corrected chi connectivity index (χ4v) is 2.12. The number of hydrogen-bond acceptors (Lipinski definition) is 5. The minimum absolute atomic E-state index is 0.0277. The molecule has 19 heavy (non-hydrogen) atoms. The van der Waals surface area contributed by atoms with E-state index in [-0.39, 0.29) is 25.3 Å². The molecule has 114 valence electrons. The summed E-state index contributed by atoms with van der Waals surface area (Å²) in [4.78, 5) is 11.5. The number of aliphatic hydroxyl groups excluding tert-OH is 1. The summed E-state index contributed by atoms with van der Waals surface area (Å²) in [5.41, 5.74) is -1.27. The predicted octanol–water partition coefficient (Wildman–Crippen LogP) is 0.944. The van der Waals surface area contributed by atoms with Crippen molar-refractivity contribution in [1.29, 1.82) is 0 Å². The van der Waals surface area contributed by atoms with Crippen LogP contribution in [-0.2, 0) is 14.6 Å². The minimum Gasteiger partial charge on any atom is -0.444 e. The van der Waals surface area contributed by atoms with Gasteiger partial charge in [-0.05, 0) is 27.2 Å². The number of sulfone groups is 1. The third kappa shape index (κ3) is 9.72. The van der Waals surface area contributed by atoms with Crippen molar-refractivity contribution in [3.63, 3.8) is 0 Å². The maximum atomic E-state index is 11.5. The van der Waals surface area contributed by atoms with Gasteiger partial charge >= 0.3 is 6.09 Å². The zero-order chi connectivity index (χ0) is 15.3. The first kappa shape index (κ1) is 18.2. The van der Waals surface area contributed by atoms with E-state index in [4.69, 9.17) is 4.74 Å². The Morgan fingerprint density at radius 3 is 2.16 bits per heavy atom. The highest BCUT2D eigenvalue weighted by molar-refractivity contribution is 7.90. The number of amides is 1. The van der Waals surface area contributed by atoms with Gasteiger partial charge in [0.1, 0.15) is 15.4 Å². The van der Waals surface area contributed by atoms with Crippen LogP contribution in [0.15, 0.2) is 0 Å². The highest BCUT2D eigenvalue weighted by atomic mass is 32.2. The van der Waals surface area contributed by atoms with Gasteiger partial charge in [-0.3, -0.25) is 0 Å². The SMILES string of the molecule is CC(CO)(CCS(C)(=O)=O)CNC(=O)OC(C)(C)C. The Bertz CT molecular complexity index is 399. The lowest BCUT2D eigenvalue weighted by atomic mass is 9.88. The Hall–Kier alpha value is -0.820. The molecule has 0 heterocycles. The number of alkyl carbamates (subject to hydrolysis) is 1. The molecule has 0 aliphatic carbocycles. The van der Waals surface area contributed by atoms with Gasteiger partial charge in [-0.25, -0.2) is 13.2 Å². The Morgan fingerprint density at radius 2 is 1.79 bits per heavy atom. The molecule has 0 aliphatic heterocycles. The van der Waals surface area contributed by atoms with Crippen molar-refractivity contribution in [3.05, 3.63) is 0 Å². The maximum Gasteiger partial charge on any atom is 0.407 e. The van der Waals surface area contributed by atoms with Crippen LogP contribution in [0.1, 0.15) is 34.1 Å². The molecular formula is C12H25NO5S. The zero-order valence-electron chi connectivity index (χ0n) is 12.3. The summed E-state index contributed by atoms with van der Waals surface area (Å²) in [6.07, 6.45) is 0.844. The zero-order valence-corrected chi connectivity index (χ0v) is 13.1. The molecule has 0 saturated heterocycles. The largest absolute Gasteiger partial charge is 0.444 e. The van der Waals surface area contributed by atoms with E-state index in [1.54, 1.807) is 27.7 Å². The van der Waals surface area contributed by atoms with Crippen molar-refractivity contribution in [3.8, 4) is 0 Å². The van der Waals surface area contributed by atoms with E-state index in [9.17, 15) is 18.3 Å². The van der Waals surface area contributed by atoms with Crippen LogP contribution in [0.25, 0.3) is 0 Å². The number of aliphatic hydroxyl groups is 1. The number of nitrogens with one attached hydrogen (secondary N) is 1. The van der Waals surface area contributed by atoms with Gasteiger partial charge in [-0.1, -0.05) is 6.92 Å². The molecular weight excluding hydrogens is 270 g/mol. The standard InChI is InChI=1S/C12H25NO5S/c1-11(2,3)18-10(15)13-8-12(4,9-14)6-7-19(5,16)17/h14H,6-9H2,1-5H3,(H,13,15). The van der Waals surface area contributed by atoms with Crippen molar-refractivity contribution < 1.29 is 23.1 Å². The third-order valence-corrected chi connectivity index (χ3v) is 3.46. The van der Waals surface area contributed by atoms with Crippen LogP contribution >= 0.6 is 0 Å². The molecule has 0 aromatic heterocycles. The highest BCUT2D eigenvalue weighted by Gasteiger charge is 2.27. The fraction of sp³-hybridized carbons (Fsp3) is 0.917. The van der Waals surface area contributed by atoms with Gasteiger partial charge in [-0.2, -0.15) is 0 Å². The molecule has 1 atom stereocenters. The van der Waals surface area contributed by atoms with Crippen LogP contribution in [0.3, 0.4) is 0 Å². The molecule has 7 heteroatoms. The van der Waals surface area contributed by atoms with Crippen LogP contribution in [0.4, 0.5) is 4.79 Å². The molecule has 0 aromatic carbocycles. The summed E-state index contributed by atoms with van der Waals surface area (Å²) in [6, 6.07) is 0. The number of carbonyl (C=O) groups is 1. The van der Waals surface area contributed by atoms with Gasteiger partial charge in [0.2, 0.25) is 0 Å². The van der Waals surface area contributed by atoms with Crippen molar-refractivity contribution in [2.45, 2.75) is 39.7 Å². The summed E-state index contributed by atoms with van der Waals surface area (Å²) in [6.45, 7) is 6.92. The van der Waals surface area contributed by atoms with Crippen molar-refractivity contribution >= 4 is 15.9 Å². The van der Waals surface area contributed by atoms with E-state index in [1.165, 1.54) is 0 Å². The molecule has 0 aromatic rings. The second-order valence-corrected chi connectivity index (χ2v) is 8.46. The molecule has 0 radical (unpaired) electrons. The molecule has 1 unspecified atom stereocenters. The molecule has 0 saturated carbocycles. The van der Waals surface area contributed by atoms with E-state index >= 15 is 0 Å². The summed E-state index contributed by atoms with van der Waals surface area (Å²) in [5, 5.41) is 11.9. The second kappa shape index (κ2) is 6.56. The van der Waals surface area contributed by atoms with E-state index < -0.39 is 26.9 Å². The molecule has 0 fully saturated rings. The predicted molar refractivity (Wildman–Crippen MR) is 73.8 cm³/mol. The first-order valence-corrected chi connectivity index (χ1v) is 8.18. The van der Waals surface area contributed by atoms with Crippen LogP contribution in [0.5, 0.6) is 0 Å². The summed E-state index contributed by atoms with van der Waals surface area (Å²) in [7, 11) is -3.09. The normalized spacial score (nSPS) is 15.7. The topological polar surface area (TPSA) is 92.7 Å². The molecule has 0 aliphatic rings. The van der Waals surface area contributed by atoms with Crippen LogP contribution in [0.2, 0.25) is 0 Å². The van der Waals surface area contributed by atoms with Gasteiger partial charge in [0.05, 0.1) is 12.4 Å². The second-order valence-electron chi connectivity index (χ2n) is 6.20. The van der Waals surface area contributed by atoms with Crippen molar-refractivity contribution in [2.24, 2.45) is 5.41 Å². The number of carbonyl (C=O) groups excluding carboxylic acids is 1. The van der Waals surface area contributed by atoms with Crippen molar-refractivity contribution in [2.75, 3.05) is 25.2 Å². The Morgan fingerprint density at radius 1 is 1.26 bits per heavy atom. The summed E-state index contributed by atoms with van der Waals surface area (Å²) in [5.74, 6) is -0.0277. The Balaban J connectivity index is 4.36. The van der Waals surface area contributed by atoms with Gasteiger partial charge in [0, 0.05) is 18.2 Å². The molecule has 0 rings (SSSR count). The summed E-state index contributed by atoms with van der Waals surface area (Å²) < 4.78 is 27.3. The smallest absolute Gasteiger partial charge is 0.407 e. The number of rotatable bonds is 6. The molecule has 2 N–H and O–H groups in total. The van der Waals surface area contributed by atoms with Gasteiger partial charge in [0.25, 0.3) is 0 Å². The lowest BCUT2D eigenvalue weighted by molar-refractivity contribution is 0.0476. The average molecular weight is 295 g/mol. The van der Waals surface area contributed by atoms with Gasteiger partial charge in [0.15, 0.2) is 0 Å². The first-order chi connectivity index (χ1) is 8.37. The minimum atomic E-state index is -3.09. The first-order valence-electron chi connectivity index (χ1n) is 6.12. The van der Waals surface area contributed by atoms with Crippen LogP contribution in [0, 0.1) is 5.41 Å². The molecule has 0 spiro atoms. The molecule has 0 bridgehead atoms. The van der Waals surface area contributed by atoms with Crippen LogP contribution in [-0.4, -0.2) is 50.4 Å². The van der Waals surface area contributed by atoms with E-state index in [2.05, 4.69) is 5.32 Å². The Labute approximate surface area is 115 Å². The lowest BCUT2D eigenvalue weighted by Crippen LogP contribution is -2.41. The van der Waals surface area contributed by atoms with E-state index in [1.807, 2.05) is 0 Å². The van der Waals surface area contributed by atoms with Crippen LogP contribution < -0.4 is 5.32 Å². The monoisotopic (exact) mass is 295 g/mol. The fourth-order valence-electron chi connectivity index (χ4n) is 1.25. The Kier molecular flexibility index (Phi) is 6.28.